The number of pyridine rings is 1. The fourth-order valence-corrected chi connectivity index (χ4v) is 2.97. The first-order valence-electron chi connectivity index (χ1n) is 6.48. The molecule has 0 aliphatic carbocycles. The first-order chi connectivity index (χ1) is 8.99. The van der Waals surface area contributed by atoms with Gasteiger partial charge in [-0.25, -0.2) is 0 Å². The van der Waals surface area contributed by atoms with Crippen LogP contribution in [0.15, 0.2) is 18.3 Å². The van der Waals surface area contributed by atoms with Crippen molar-refractivity contribution in [2.45, 2.75) is 19.0 Å². The van der Waals surface area contributed by atoms with Gasteiger partial charge in [-0.05, 0) is 25.0 Å². The maximum absolute atomic E-state index is 12.7. The van der Waals surface area contributed by atoms with Crippen LogP contribution in [0.5, 0.6) is 0 Å². The van der Waals surface area contributed by atoms with E-state index in [-0.39, 0.29) is 17.8 Å². The van der Waals surface area contributed by atoms with E-state index >= 15 is 0 Å². The predicted octanol–water partition coefficient (Wildman–Crippen LogP) is 2.71. The number of anilines is 1. The average molecular weight is 308 g/mol. The van der Waals surface area contributed by atoms with Gasteiger partial charge in [-0.1, -0.05) is 0 Å². The molecule has 0 atom stereocenters. The largest absolute Gasteiger partial charge is 0.433 e. The van der Waals surface area contributed by atoms with E-state index in [2.05, 4.69) is 15.2 Å². The molecule has 112 valence electrons. The zero-order chi connectivity index (χ0) is 13.5. The fraction of sp³-hybridized carbons (Fsp3) is 0.615. The van der Waals surface area contributed by atoms with Crippen molar-refractivity contribution in [3.8, 4) is 0 Å². The molecule has 3 nitrogen and oxygen atoms in total. The highest BCUT2D eigenvalue weighted by Crippen LogP contribution is 2.36. The maximum atomic E-state index is 12.7. The Labute approximate surface area is 122 Å². The normalized spacial score (nSPS) is 21.2. The van der Waals surface area contributed by atoms with Crippen LogP contribution < -0.4 is 10.2 Å². The van der Waals surface area contributed by atoms with Gasteiger partial charge >= 0.3 is 6.18 Å². The topological polar surface area (TPSA) is 28.2 Å². The Balaban J connectivity index is 0.00000147. The van der Waals surface area contributed by atoms with Crippen LogP contribution in [0.1, 0.15) is 18.5 Å². The quantitative estimate of drug-likeness (QED) is 0.864. The lowest BCUT2D eigenvalue weighted by Crippen LogP contribution is -2.61. The molecule has 1 N–H and O–H groups in total. The molecule has 3 heterocycles. The third-order valence-electron chi connectivity index (χ3n) is 4.06. The molecule has 0 radical (unpaired) electrons. The molecule has 0 amide bonds. The summed E-state index contributed by atoms with van der Waals surface area (Å²) in [7, 11) is 0. The Morgan fingerprint density at radius 3 is 2.65 bits per heavy atom. The minimum Gasteiger partial charge on any atom is -0.371 e. The first-order valence-corrected chi connectivity index (χ1v) is 6.48. The number of halogens is 4. The Morgan fingerprint density at radius 2 is 2.05 bits per heavy atom. The van der Waals surface area contributed by atoms with E-state index in [1.54, 1.807) is 6.07 Å². The first kappa shape index (κ1) is 15.4. The summed E-state index contributed by atoms with van der Waals surface area (Å²) in [5.41, 5.74) is 0.0876. The lowest BCUT2D eigenvalue weighted by Gasteiger charge is -2.50. The zero-order valence-electron chi connectivity index (χ0n) is 10.9. The van der Waals surface area contributed by atoms with Crippen LogP contribution in [-0.2, 0) is 6.18 Å². The monoisotopic (exact) mass is 307 g/mol. The van der Waals surface area contributed by atoms with Gasteiger partial charge in [0.1, 0.15) is 5.69 Å². The molecule has 2 saturated heterocycles. The molecule has 2 fully saturated rings. The summed E-state index contributed by atoms with van der Waals surface area (Å²) in [6, 6.07) is 2.82. The number of hydrogen-bond acceptors (Lipinski definition) is 3. The highest BCUT2D eigenvalue weighted by atomic mass is 35.5. The number of piperidine rings is 1. The Hall–Kier alpha value is -1.01. The summed E-state index contributed by atoms with van der Waals surface area (Å²) in [6.07, 6.45) is -0.932. The van der Waals surface area contributed by atoms with E-state index in [0.29, 0.717) is 5.69 Å². The third-order valence-corrected chi connectivity index (χ3v) is 4.06. The van der Waals surface area contributed by atoms with Gasteiger partial charge in [-0.15, -0.1) is 12.4 Å². The molecule has 2 aliphatic heterocycles. The van der Waals surface area contributed by atoms with Crippen molar-refractivity contribution in [2.24, 2.45) is 5.41 Å². The van der Waals surface area contributed by atoms with Gasteiger partial charge in [0, 0.05) is 43.5 Å². The highest BCUT2D eigenvalue weighted by molar-refractivity contribution is 5.85. The maximum Gasteiger partial charge on any atom is 0.433 e. The predicted molar refractivity (Wildman–Crippen MR) is 73.2 cm³/mol. The van der Waals surface area contributed by atoms with Gasteiger partial charge in [0.15, 0.2) is 0 Å². The Bertz CT molecular complexity index is 474. The SMILES string of the molecule is Cl.FC(F)(F)c1cc(N2CCCC3(CNC3)C2)ccn1. The number of hydrogen-bond donors (Lipinski definition) is 1. The van der Waals surface area contributed by atoms with Crippen molar-refractivity contribution in [3.63, 3.8) is 0 Å². The lowest BCUT2D eigenvalue weighted by atomic mass is 9.75. The van der Waals surface area contributed by atoms with E-state index in [1.165, 1.54) is 6.20 Å². The number of rotatable bonds is 1. The minimum atomic E-state index is -4.37. The van der Waals surface area contributed by atoms with Gasteiger partial charge < -0.3 is 10.2 Å². The Morgan fingerprint density at radius 1 is 1.30 bits per heavy atom. The standard InChI is InChI=1S/C13H16F3N3.ClH/c14-13(15,16)11-6-10(2-4-18-11)19-5-1-3-12(9-19)7-17-8-12;/h2,4,6,17H,1,3,5,7-9H2;1H. The van der Waals surface area contributed by atoms with Gasteiger partial charge in [-0.2, -0.15) is 13.2 Å². The molecule has 0 bridgehead atoms. The summed E-state index contributed by atoms with van der Waals surface area (Å²) in [5, 5.41) is 3.26. The van der Waals surface area contributed by atoms with Crippen molar-refractivity contribution in [2.75, 3.05) is 31.1 Å². The molecular weight excluding hydrogens is 291 g/mol. The van der Waals surface area contributed by atoms with E-state index in [9.17, 15) is 13.2 Å². The molecule has 3 rings (SSSR count). The van der Waals surface area contributed by atoms with Gasteiger partial charge in [-0.3, -0.25) is 4.98 Å². The van der Waals surface area contributed by atoms with Crippen LogP contribution in [0.2, 0.25) is 0 Å². The van der Waals surface area contributed by atoms with Crippen molar-refractivity contribution in [1.29, 1.82) is 0 Å². The van der Waals surface area contributed by atoms with Crippen LogP contribution in [0.25, 0.3) is 0 Å². The molecule has 0 unspecified atom stereocenters. The second-order valence-corrected chi connectivity index (χ2v) is 5.53. The van der Waals surface area contributed by atoms with Gasteiger partial charge in [0.05, 0.1) is 0 Å². The summed E-state index contributed by atoms with van der Waals surface area (Å²) >= 11 is 0. The molecule has 0 aromatic carbocycles. The number of alkyl halides is 3. The summed E-state index contributed by atoms with van der Waals surface area (Å²) in [4.78, 5) is 5.47. The number of nitrogens with one attached hydrogen (secondary N) is 1. The smallest absolute Gasteiger partial charge is 0.371 e. The van der Waals surface area contributed by atoms with Crippen molar-refractivity contribution in [1.82, 2.24) is 10.3 Å². The molecule has 20 heavy (non-hydrogen) atoms. The van der Waals surface area contributed by atoms with E-state index < -0.39 is 11.9 Å². The molecule has 1 aromatic rings. The zero-order valence-corrected chi connectivity index (χ0v) is 11.7. The van der Waals surface area contributed by atoms with E-state index in [0.717, 1.165) is 45.1 Å². The fourth-order valence-electron chi connectivity index (χ4n) is 2.97. The minimum absolute atomic E-state index is 0. The lowest BCUT2D eigenvalue weighted by molar-refractivity contribution is -0.141. The van der Waals surface area contributed by atoms with Crippen LogP contribution >= 0.6 is 12.4 Å². The van der Waals surface area contributed by atoms with E-state index in [4.69, 9.17) is 0 Å². The molecule has 7 heteroatoms. The molecule has 1 spiro atoms. The molecule has 2 aliphatic rings. The Kier molecular flexibility index (Phi) is 4.16. The van der Waals surface area contributed by atoms with Crippen molar-refractivity contribution < 1.29 is 13.2 Å². The third kappa shape index (κ3) is 2.86. The van der Waals surface area contributed by atoms with Gasteiger partial charge in [0.2, 0.25) is 0 Å². The van der Waals surface area contributed by atoms with Crippen LogP contribution in [-0.4, -0.2) is 31.2 Å². The van der Waals surface area contributed by atoms with Gasteiger partial charge in [0.25, 0.3) is 0 Å². The second kappa shape index (κ2) is 5.41. The number of aromatic nitrogens is 1. The second-order valence-electron chi connectivity index (χ2n) is 5.53. The molecular formula is C13H17ClF3N3. The van der Waals surface area contributed by atoms with E-state index in [1.807, 2.05) is 0 Å². The summed E-state index contributed by atoms with van der Waals surface area (Å²) in [5.74, 6) is 0. The van der Waals surface area contributed by atoms with Crippen LogP contribution in [0.3, 0.4) is 0 Å². The molecule has 1 aromatic heterocycles. The highest BCUT2D eigenvalue weighted by Gasteiger charge is 2.41. The number of nitrogens with zero attached hydrogens (tertiary/aromatic N) is 2. The molecule has 0 saturated carbocycles. The summed E-state index contributed by atoms with van der Waals surface area (Å²) in [6.45, 7) is 3.60. The van der Waals surface area contributed by atoms with Crippen molar-refractivity contribution in [3.05, 3.63) is 24.0 Å². The van der Waals surface area contributed by atoms with Crippen molar-refractivity contribution >= 4 is 18.1 Å². The summed E-state index contributed by atoms with van der Waals surface area (Å²) < 4.78 is 38.0. The van der Waals surface area contributed by atoms with Crippen LogP contribution in [0.4, 0.5) is 18.9 Å². The van der Waals surface area contributed by atoms with Crippen LogP contribution in [0, 0.1) is 5.41 Å². The average Bonchev–Trinajstić information content (AvgIpc) is 2.36.